The van der Waals surface area contributed by atoms with E-state index < -0.39 is 0 Å². The third-order valence-electron chi connectivity index (χ3n) is 1.38. The lowest BCUT2D eigenvalue weighted by atomic mass is 10.4. The van der Waals surface area contributed by atoms with Crippen molar-refractivity contribution in [1.82, 2.24) is 15.1 Å². The number of nitrogen functional groups attached to an aromatic ring is 1. The van der Waals surface area contributed by atoms with Gasteiger partial charge in [-0.25, -0.2) is 9.97 Å². The second-order valence-electron chi connectivity index (χ2n) is 2.34. The Morgan fingerprint density at radius 2 is 2.00 bits per heavy atom. The third kappa shape index (κ3) is 1.67. The van der Waals surface area contributed by atoms with Crippen molar-refractivity contribution in [2.24, 2.45) is 0 Å². The first-order valence-electron chi connectivity index (χ1n) is 3.46. The van der Waals surface area contributed by atoms with Crippen LogP contribution in [-0.2, 0) is 0 Å². The molecule has 13 heavy (non-hydrogen) atoms. The van der Waals surface area contributed by atoms with Gasteiger partial charge in [0.2, 0.25) is 5.88 Å². The maximum Gasteiger partial charge on any atom is 0.222 e. The minimum Gasteiger partial charge on any atom is -0.368 e. The van der Waals surface area contributed by atoms with Crippen LogP contribution < -0.4 is 5.73 Å². The molecule has 0 radical (unpaired) electrons. The number of anilines is 1. The van der Waals surface area contributed by atoms with Crippen molar-refractivity contribution >= 4 is 21.8 Å². The van der Waals surface area contributed by atoms with Gasteiger partial charge in [-0.15, -0.1) is 0 Å². The molecule has 0 aliphatic carbocycles. The Balaban J connectivity index is 2.41. The molecule has 0 atom stereocenters. The molecule has 2 aromatic heterocycles. The highest BCUT2D eigenvalue weighted by Gasteiger charge is 2.05. The number of nitrogens with zero attached hydrogens (tertiary/aromatic N) is 3. The topological polar surface area (TPSA) is 77.8 Å². The summed E-state index contributed by atoms with van der Waals surface area (Å²) in [6, 6.07) is 1.57. The van der Waals surface area contributed by atoms with E-state index in [0.717, 1.165) is 4.47 Å². The average molecular weight is 241 g/mol. The molecule has 6 heteroatoms. The van der Waals surface area contributed by atoms with Crippen molar-refractivity contribution in [2.75, 3.05) is 5.73 Å². The fourth-order valence-corrected chi connectivity index (χ4v) is 1.04. The van der Waals surface area contributed by atoms with E-state index in [1.54, 1.807) is 18.5 Å². The molecule has 2 N–H and O–H groups in total. The SMILES string of the molecule is Nc1cc(-c2ncc(Br)cn2)no1. The van der Waals surface area contributed by atoms with Crippen LogP contribution in [0.4, 0.5) is 5.88 Å². The number of aromatic nitrogens is 3. The molecule has 0 amide bonds. The van der Waals surface area contributed by atoms with Crippen LogP contribution in [0.3, 0.4) is 0 Å². The van der Waals surface area contributed by atoms with Crippen molar-refractivity contribution in [3.63, 3.8) is 0 Å². The lowest BCUT2D eigenvalue weighted by Gasteiger charge is -1.91. The van der Waals surface area contributed by atoms with Crippen LogP contribution in [-0.4, -0.2) is 15.1 Å². The van der Waals surface area contributed by atoms with E-state index in [1.165, 1.54) is 0 Å². The fraction of sp³-hybridized carbons (Fsp3) is 0. The summed E-state index contributed by atoms with van der Waals surface area (Å²) < 4.78 is 5.50. The van der Waals surface area contributed by atoms with Gasteiger partial charge in [-0.1, -0.05) is 5.16 Å². The zero-order valence-corrected chi connectivity index (χ0v) is 8.02. The molecule has 0 fully saturated rings. The summed E-state index contributed by atoms with van der Waals surface area (Å²) in [6.07, 6.45) is 3.26. The van der Waals surface area contributed by atoms with E-state index in [4.69, 9.17) is 5.73 Å². The van der Waals surface area contributed by atoms with Crippen molar-refractivity contribution in [3.8, 4) is 11.5 Å². The zero-order valence-electron chi connectivity index (χ0n) is 6.44. The van der Waals surface area contributed by atoms with Crippen LogP contribution in [0.2, 0.25) is 0 Å². The molecule has 0 aliphatic rings. The second-order valence-corrected chi connectivity index (χ2v) is 3.26. The highest BCUT2D eigenvalue weighted by Crippen LogP contribution is 2.16. The summed E-state index contributed by atoms with van der Waals surface area (Å²) in [7, 11) is 0. The summed E-state index contributed by atoms with van der Waals surface area (Å²) in [5.41, 5.74) is 5.88. The normalized spacial score (nSPS) is 10.2. The number of hydrogen-bond donors (Lipinski definition) is 1. The van der Waals surface area contributed by atoms with Crippen LogP contribution in [0.15, 0.2) is 27.5 Å². The van der Waals surface area contributed by atoms with Gasteiger partial charge in [0.05, 0.1) is 4.47 Å². The molecule has 2 aromatic rings. The predicted molar refractivity (Wildman–Crippen MR) is 49.6 cm³/mol. The Hall–Kier alpha value is -1.43. The van der Waals surface area contributed by atoms with Gasteiger partial charge in [0.25, 0.3) is 0 Å². The highest BCUT2D eigenvalue weighted by molar-refractivity contribution is 9.10. The Kier molecular flexibility index (Phi) is 1.97. The van der Waals surface area contributed by atoms with Crippen molar-refractivity contribution in [2.45, 2.75) is 0 Å². The lowest BCUT2D eigenvalue weighted by molar-refractivity contribution is 0.438. The largest absolute Gasteiger partial charge is 0.368 e. The van der Waals surface area contributed by atoms with Gasteiger partial charge in [0, 0.05) is 18.5 Å². The van der Waals surface area contributed by atoms with Gasteiger partial charge >= 0.3 is 0 Å². The number of hydrogen-bond acceptors (Lipinski definition) is 5. The summed E-state index contributed by atoms with van der Waals surface area (Å²) in [4.78, 5) is 8.05. The molecule has 2 rings (SSSR count). The molecule has 2 heterocycles. The summed E-state index contributed by atoms with van der Waals surface area (Å²) >= 11 is 3.23. The van der Waals surface area contributed by atoms with Gasteiger partial charge in [0.15, 0.2) is 11.5 Å². The van der Waals surface area contributed by atoms with Crippen molar-refractivity contribution < 1.29 is 4.52 Å². The van der Waals surface area contributed by atoms with E-state index in [9.17, 15) is 0 Å². The smallest absolute Gasteiger partial charge is 0.222 e. The molecule has 0 spiro atoms. The van der Waals surface area contributed by atoms with Crippen molar-refractivity contribution in [3.05, 3.63) is 22.9 Å². The first kappa shape index (κ1) is 8.18. The van der Waals surface area contributed by atoms with E-state index in [-0.39, 0.29) is 5.88 Å². The quantitative estimate of drug-likeness (QED) is 0.817. The molecule has 66 valence electrons. The van der Waals surface area contributed by atoms with Gasteiger partial charge in [0.1, 0.15) is 0 Å². The molecule has 0 aliphatic heterocycles. The molecule has 5 nitrogen and oxygen atoms in total. The van der Waals surface area contributed by atoms with Gasteiger partial charge in [-0.05, 0) is 15.9 Å². The molecule has 0 saturated carbocycles. The number of rotatable bonds is 1. The maximum absolute atomic E-state index is 5.35. The fourth-order valence-electron chi connectivity index (χ4n) is 0.839. The first-order valence-corrected chi connectivity index (χ1v) is 4.25. The third-order valence-corrected chi connectivity index (χ3v) is 1.79. The number of halogens is 1. The van der Waals surface area contributed by atoms with Gasteiger partial charge < -0.3 is 10.3 Å². The molecular formula is C7H5BrN4O. The molecule has 0 unspecified atom stereocenters. The maximum atomic E-state index is 5.35. The average Bonchev–Trinajstić information content (AvgIpc) is 2.53. The molecule has 0 aromatic carbocycles. The van der Waals surface area contributed by atoms with E-state index >= 15 is 0 Å². The lowest BCUT2D eigenvalue weighted by Crippen LogP contribution is -1.87. The molecular weight excluding hydrogens is 236 g/mol. The van der Waals surface area contributed by atoms with E-state index in [2.05, 4.69) is 35.6 Å². The summed E-state index contributed by atoms with van der Waals surface area (Å²) in [5, 5.41) is 3.68. The van der Waals surface area contributed by atoms with Crippen LogP contribution in [0.25, 0.3) is 11.5 Å². The van der Waals surface area contributed by atoms with E-state index in [0.29, 0.717) is 11.5 Å². The van der Waals surface area contributed by atoms with Crippen LogP contribution in [0, 0.1) is 0 Å². The highest BCUT2D eigenvalue weighted by atomic mass is 79.9. The minimum atomic E-state index is 0.251. The van der Waals surface area contributed by atoms with Crippen molar-refractivity contribution in [1.29, 1.82) is 0 Å². The Bertz CT molecular complexity index is 411. The zero-order chi connectivity index (χ0) is 9.26. The Morgan fingerprint density at radius 1 is 1.31 bits per heavy atom. The second kappa shape index (κ2) is 3.14. The van der Waals surface area contributed by atoms with E-state index in [1.807, 2.05) is 0 Å². The van der Waals surface area contributed by atoms with Crippen LogP contribution in [0.5, 0.6) is 0 Å². The molecule has 0 saturated heterocycles. The monoisotopic (exact) mass is 240 g/mol. The molecule has 0 bridgehead atoms. The summed E-state index contributed by atoms with van der Waals surface area (Å²) in [6.45, 7) is 0. The van der Waals surface area contributed by atoms with Crippen LogP contribution in [0.1, 0.15) is 0 Å². The minimum absolute atomic E-state index is 0.251. The Morgan fingerprint density at radius 3 is 2.54 bits per heavy atom. The Labute approximate surface area is 82.1 Å². The first-order chi connectivity index (χ1) is 6.25. The van der Waals surface area contributed by atoms with Gasteiger partial charge in [-0.2, -0.15) is 0 Å². The van der Waals surface area contributed by atoms with Crippen LogP contribution >= 0.6 is 15.9 Å². The predicted octanol–water partition coefficient (Wildman–Crippen LogP) is 1.48. The number of nitrogens with two attached hydrogens (primary N) is 1. The van der Waals surface area contributed by atoms with Gasteiger partial charge in [-0.3, -0.25) is 0 Å². The standard InChI is InChI=1S/C7H5BrN4O/c8-4-2-10-7(11-3-4)5-1-6(9)13-12-5/h1-3H,9H2. The summed E-state index contributed by atoms with van der Waals surface area (Å²) in [5.74, 6) is 0.741.